The number of nitrogens with zero attached hydrogens (tertiary/aromatic N) is 3. The zero-order valence-electron chi connectivity index (χ0n) is 10.5. The van der Waals surface area contributed by atoms with E-state index in [2.05, 4.69) is 21.8 Å². The van der Waals surface area contributed by atoms with Crippen molar-refractivity contribution < 1.29 is 4.79 Å². The first-order chi connectivity index (χ1) is 8.22. The Kier molecular flexibility index (Phi) is 3.71. The van der Waals surface area contributed by atoms with Gasteiger partial charge in [0, 0.05) is 25.5 Å². The van der Waals surface area contributed by atoms with Crippen LogP contribution in [0.1, 0.15) is 43.0 Å². The molecule has 92 valence electrons. The fourth-order valence-electron chi connectivity index (χ4n) is 2.59. The highest BCUT2D eigenvalue weighted by atomic mass is 16.1. The Hall–Kier alpha value is -1.45. The van der Waals surface area contributed by atoms with E-state index in [-0.39, 0.29) is 0 Å². The highest BCUT2D eigenvalue weighted by Gasteiger charge is 2.26. The topological polar surface area (TPSA) is 46.1 Å². The van der Waals surface area contributed by atoms with E-state index in [1.165, 1.54) is 25.7 Å². The summed E-state index contributed by atoms with van der Waals surface area (Å²) in [7, 11) is 2.04. The number of aromatic nitrogens is 2. The maximum absolute atomic E-state index is 10.5. The average Bonchev–Trinajstić information content (AvgIpc) is 2.39. The summed E-state index contributed by atoms with van der Waals surface area (Å²) in [6.45, 7) is 2.29. The first kappa shape index (κ1) is 12.0. The van der Waals surface area contributed by atoms with Gasteiger partial charge in [-0.1, -0.05) is 19.8 Å². The summed E-state index contributed by atoms with van der Waals surface area (Å²) < 4.78 is 0. The Bertz CT molecular complexity index is 377. The van der Waals surface area contributed by atoms with Crippen molar-refractivity contribution in [1.82, 2.24) is 9.97 Å². The van der Waals surface area contributed by atoms with E-state index in [1.807, 2.05) is 7.05 Å². The summed E-state index contributed by atoms with van der Waals surface area (Å²) in [4.78, 5) is 21.2. The van der Waals surface area contributed by atoms with Gasteiger partial charge in [0.05, 0.1) is 5.56 Å². The fraction of sp³-hybridized carbons (Fsp3) is 0.615. The van der Waals surface area contributed by atoms with Gasteiger partial charge in [0.1, 0.15) is 0 Å². The summed E-state index contributed by atoms with van der Waals surface area (Å²) in [6, 6.07) is 0.519. The zero-order valence-corrected chi connectivity index (χ0v) is 10.5. The van der Waals surface area contributed by atoms with Gasteiger partial charge in [0.25, 0.3) is 0 Å². The van der Waals surface area contributed by atoms with Crippen molar-refractivity contribution in [1.29, 1.82) is 0 Å². The lowest BCUT2D eigenvalue weighted by molar-refractivity contribution is 0.112. The molecule has 0 spiro atoms. The molecular weight excluding hydrogens is 214 g/mol. The van der Waals surface area contributed by atoms with E-state index in [0.717, 1.165) is 6.29 Å². The highest BCUT2D eigenvalue weighted by molar-refractivity contribution is 5.73. The lowest BCUT2D eigenvalue weighted by Gasteiger charge is -2.36. The van der Waals surface area contributed by atoms with Gasteiger partial charge in [-0.25, -0.2) is 9.97 Å². The van der Waals surface area contributed by atoms with E-state index in [9.17, 15) is 4.79 Å². The molecule has 1 aliphatic carbocycles. The lowest BCUT2D eigenvalue weighted by Crippen LogP contribution is -2.39. The normalized spacial score (nSPS) is 24.4. The third-order valence-electron chi connectivity index (χ3n) is 3.67. The second-order valence-corrected chi connectivity index (χ2v) is 4.87. The summed E-state index contributed by atoms with van der Waals surface area (Å²) >= 11 is 0. The molecule has 0 N–H and O–H groups in total. The summed E-state index contributed by atoms with van der Waals surface area (Å²) in [6.07, 6.45) is 9.03. The number of hydrogen-bond acceptors (Lipinski definition) is 4. The number of carbonyl (C=O) groups excluding carboxylic acids is 1. The standard InChI is InChI=1S/C13H19N3O/c1-10-5-3-4-6-12(10)16(2)13-14-7-11(9-17)8-15-13/h7-10,12H,3-6H2,1-2H3. The number of hydrogen-bond donors (Lipinski definition) is 0. The van der Waals surface area contributed by atoms with Crippen LogP contribution in [0.25, 0.3) is 0 Å². The fourth-order valence-corrected chi connectivity index (χ4v) is 2.59. The van der Waals surface area contributed by atoms with Crippen molar-refractivity contribution in [3.8, 4) is 0 Å². The van der Waals surface area contributed by atoms with Gasteiger partial charge in [0.15, 0.2) is 6.29 Å². The van der Waals surface area contributed by atoms with Crippen LogP contribution in [0.2, 0.25) is 0 Å². The molecule has 0 bridgehead atoms. The van der Waals surface area contributed by atoms with Crippen molar-refractivity contribution in [3.05, 3.63) is 18.0 Å². The summed E-state index contributed by atoms with van der Waals surface area (Å²) in [5, 5.41) is 0. The van der Waals surface area contributed by atoms with Crippen molar-refractivity contribution in [2.24, 2.45) is 5.92 Å². The predicted molar refractivity (Wildman–Crippen MR) is 67.2 cm³/mol. The second kappa shape index (κ2) is 5.25. The summed E-state index contributed by atoms with van der Waals surface area (Å²) in [5.41, 5.74) is 0.527. The molecule has 1 aromatic heterocycles. The molecule has 1 saturated carbocycles. The Morgan fingerprint density at radius 3 is 2.53 bits per heavy atom. The van der Waals surface area contributed by atoms with E-state index >= 15 is 0 Å². The Labute approximate surface area is 102 Å². The van der Waals surface area contributed by atoms with Gasteiger partial charge in [-0.3, -0.25) is 4.79 Å². The minimum absolute atomic E-state index is 0.519. The van der Waals surface area contributed by atoms with Crippen LogP contribution in [0.5, 0.6) is 0 Å². The van der Waals surface area contributed by atoms with Gasteiger partial charge < -0.3 is 4.90 Å². The Morgan fingerprint density at radius 1 is 1.29 bits per heavy atom. The highest BCUT2D eigenvalue weighted by Crippen LogP contribution is 2.28. The van der Waals surface area contributed by atoms with Crippen LogP contribution < -0.4 is 4.90 Å². The first-order valence-corrected chi connectivity index (χ1v) is 6.22. The maximum atomic E-state index is 10.5. The van der Waals surface area contributed by atoms with Crippen LogP contribution in [0.4, 0.5) is 5.95 Å². The molecule has 17 heavy (non-hydrogen) atoms. The average molecular weight is 233 g/mol. The van der Waals surface area contributed by atoms with E-state index < -0.39 is 0 Å². The zero-order chi connectivity index (χ0) is 12.3. The SMILES string of the molecule is CC1CCCCC1N(C)c1ncc(C=O)cn1. The molecule has 1 fully saturated rings. The molecule has 2 atom stereocenters. The van der Waals surface area contributed by atoms with Crippen molar-refractivity contribution in [2.75, 3.05) is 11.9 Å². The lowest BCUT2D eigenvalue weighted by atomic mass is 9.85. The molecule has 0 radical (unpaired) electrons. The monoisotopic (exact) mass is 233 g/mol. The van der Waals surface area contributed by atoms with Crippen LogP contribution in [-0.4, -0.2) is 29.3 Å². The molecular formula is C13H19N3O. The molecule has 0 aliphatic heterocycles. The van der Waals surface area contributed by atoms with Gasteiger partial charge in [-0.15, -0.1) is 0 Å². The minimum Gasteiger partial charge on any atom is -0.341 e. The molecule has 2 rings (SSSR count). The van der Waals surface area contributed by atoms with Crippen molar-refractivity contribution >= 4 is 12.2 Å². The number of aldehydes is 1. The van der Waals surface area contributed by atoms with Gasteiger partial charge in [0.2, 0.25) is 5.95 Å². The van der Waals surface area contributed by atoms with Crippen LogP contribution in [0.15, 0.2) is 12.4 Å². The molecule has 0 amide bonds. The van der Waals surface area contributed by atoms with Gasteiger partial charge in [-0.2, -0.15) is 0 Å². The van der Waals surface area contributed by atoms with Crippen LogP contribution in [0.3, 0.4) is 0 Å². The molecule has 0 aromatic carbocycles. The molecule has 1 heterocycles. The Balaban J connectivity index is 2.11. The minimum atomic E-state index is 0.519. The van der Waals surface area contributed by atoms with Crippen LogP contribution >= 0.6 is 0 Å². The predicted octanol–water partition coefficient (Wildman–Crippen LogP) is 2.30. The van der Waals surface area contributed by atoms with Crippen molar-refractivity contribution in [3.63, 3.8) is 0 Å². The quantitative estimate of drug-likeness (QED) is 0.751. The second-order valence-electron chi connectivity index (χ2n) is 4.87. The summed E-state index contributed by atoms with van der Waals surface area (Å²) in [5.74, 6) is 1.40. The first-order valence-electron chi connectivity index (χ1n) is 6.22. The third kappa shape index (κ3) is 2.62. The molecule has 0 saturated heterocycles. The van der Waals surface area contributed by atoms with Gasteiger partial charge >= 0.3 is 0 Å². The Morgan fingerprint density at radius 2 is 1.94 bits per heavy atom. The molecule has 4 nitrogen and oxygen atoms in total. The maximum Gasteiger partial charge on any atom is 0.225 e. The number of anilines is 1. The number of carbonyl (C=O) groups is 1. The largest absolute Gasteiger partial charge is 0.341 e. The van der Waals surface area contributed by atoms with Crippen LogP contribution in [-0.2, 0) is 0 Å². The molecule has 1 aromatic rings. The van der Waals surface area contributed by atoms with E-state index in [1.54, 1.807) is 12.4 Å². The molecule has 2 unspecified atom stereocenters. The number of rotatable bonds is 3. The smallest absolute Gasteiger partial charge is 0.225 e. The molecule has 1 aliphatic rings. The van der Waals surface area contributed by atoms with Crippen LogP contribution in [0, 0.1) is 5.92 Å². The van der Waals surface area contributed by atoms with Gasteiger partial charge in [-0.05, 0) is 18.8 Å². The molecule has 4 heteroatoms. The van der Waals surface area contributed by atoms with E-state index in [0.29, 0.717) is 23.5 Å². The van der Waals surface area contributed by atoms with E-state index in [4.69, 9.17) is 0 Å². The van der Waals surface area contributed by atoms with Crippen molar-refractivity contribution in [2.45, 2.75) is 38.6 Å². The third-order valence-corrected chi connectivity index (χ3v) is 3.67.